The number of anilines is 1. The first-order chi connectivity index (χ1) is 10.3. The molecule has 4 nitrogen and oxygen atoms in total. The smallest absolute Gasteiger partial charge is 0.106 e. The van der Waals surface area contributed by atoms with E-state index in [1.807, 2.05) is 24.4 Å². The summed E-state index contributed by atoms with van der Waals surface area (Å²) < 4.78 is 7.54. The molecule has 0 amide bonds. The molecule has 3 rings (SSSR count). The second-order valence-corrected chi connectivity index (χ2v) is 5.76. The number of nitrogens with zero attached hydrogens (tertiary/aromatic N) is 2. The van der Waals surface area contributed by atoms with Crippen molar-refractivity contribution in [3.05, 3.63) is 41.7 Å². The standard InChI is InChI=1S/C16H20ClN3O/c1-2-13-11-12(7-10-21-13)19-15-6-3-5-14(17)16(15)20-9-4-8-18-20/h3-6,8-9,12-13,19H,2,7,10-11H2,1H3. The lowest BCUT2D eigenvalue weighted by Crippen LogP contribution is -2.34. The van der Waals surface area contributed by atoms with Gasteiger partial charge in [-0.05, 0) is 37.5 Å². The number of hydrogen-bond acceptors (Lipinski definition) is 3. The topological polar surface area (TPSA) is 39.1 Å². The van der Waals surface area contributed by atoms with E-state index in [1.165, 1.54) is 0 Å². The van der Waals surface area contributed by atoms with Gasteiger partial charge in [0.2, 0.25) is 0 Å². The van der Waals surface area contributed by atoms with Crippen molar-refractivity contribution in [2.75, 3.05) is 11.9 Å². The molecular formula is C16H20ClN3O. The Morgan fingerprint density at radius 3 is 3.10 bits per heavy atom. The summed E-state index contributed by atoms with van der Waals surface area (Å²) in [6, 6.07) is 8.22. The van der Waals surface area contributed by atoms with Gasteiger partial charge in [0.1, 0.15) is 5.69 Å². The SMILES string of the molecule is CCC1CC(Nc2cccc(Cl)c2-n2cccn2)CCO1. The van der Waals surface area contributed by atoms with Gasteiger partial charge >= 0.3 is 0 Å². The van der Waals surface area contributed by atoms with Crippen LogP contribution in [-0.2, 0) is 4.74 Å². The number of hydrogen-bond donors (Lipinski definition) is 1. The van der Waals surface area contributed by atoms with Crippen LogP contribution in [0.3, 0.4) is 0 Å². The van der Waals surface area contributed by atoms with Crippen molar-refractivity contribution >= 4 is 17.3 Å². The fraction of sp³-hybridized carbons (Fsp3) is 0.438. The van der Waals surface area contributed by atoms with Gasteiger partial charge in [-0.25, -0.2) is 4.68 Å². The fourth-order valence-electron chi connectivity index (χ4n) is 2.78. The summed E-state index contributed by atoms with van der Waals surface area (Å²) in [6.45, 7) is 2.98. The molecule has 1 saturated heterocycles. The highest BCUT2D eigenvalue weighted by molar-refractivity contribution is 6.33. The van der Waals surface area contributed by atoms with Gasteiger partial charge in [0.05, 0.1) is 16.8 Å². The number of nitrogens with one attached hydrogen (secondary N) is 1. The molecule has 1 aromatic carbocycles. The molecule has 1 aliphatic heterocycles. The lowest BCUT2D eigenvalue weighted by atomic mass is 10.0. The van der Waals surface area contributed by atoms with E-state index >= 15 is 0 Å². The molecule has 2 aromatic rings. The molecular weight excluding hydrogens is 286 g/mol. The van der Waals surface area contributed by atoms with E-state index in [9.17, 15) is 0 Å². The molecule has 0 aliphatic carbocycles. The predicted molar refractivity (Wildman–Crippen MR) is 85.2 cm³/mol. The average Bonchev–Trinajstić information content (AvgIpc) is 3.01. The molecule has 0 spiro atoms. The van der Waals surface area contributed by atoms with Crippen LogP contribution in [0.2, 0.25) is 5.02 Å². The van der Waals surface area contributed by atoms with E-state index in [-0.39, 0.29) is 0 Å². The van der Waals surface area contributed by atoms with Crippen LogP contribution in [0.4, 0.5) is 5.69 Å². The molecule has 0 saturated carbocycles. The van der Waals surface area contributed by atoms with Crippen LogP contribution < -0.4 is 5.32 Å². The van der Waals surface area contributed by atoms with Crippen LogP contribution in [0.5, 0.6) is 0 Å². The molecule has 5 heteroatoms. The molecule has 0 bridgehead atoms. The summed E-state index contributed by atoms with van der Waals surface area (Å²) in [5, 5.41) is 8.61. The molecule has 2 unspecified atom stereocenters. The third kappa shape index (κ3) is 3.22. The zero-order chi connectivity index (χ0) is 14.7. The molecule has 21 heavy (non-hydrogen) atoms. The van der Waals surface area contributed by atoms with E-state index in [1.54, 1.807) is 10.9 Å². The highest BCUT2D eigenvalue weighted by Crippen LogP contribution is 2.30. The van der Waals surface area contributed by atoms with Crippen LogP contribution in [0, 0.1) is 0 Å². The van der Waals surface area contributed by atoms with Gasteiger partial charge in [-0.3, -0.25) is 0 Å². The first-order valence-corrected chi connectivity index (χ1v) is 7.82. The first kappa shape index (κ1) is 14.4. The maximum atomic E-state index is 6.37. The number of halogens is 1. The molecule has 2 atom stereocenters. The lowest BCUT2D eigenvalue weighted by Gasteiger charge is -2.30. The van der Waals surface area contributed by atoms with E-state index < -0.39 is 0 Å². The van der Waals surface area contributed by atoms with Gasteiger partial charge in [-0.15, -0.1) is 0 Å². The highest BCUT2D eigenvalue weighted by Gasteiger charge is 2.22. The van der Waals surface area contributed by atoms with E-state index in [2.05, 4.69) is 23.4 Å². The highest BCUT2D eigenvalue weighted by atomic mass is 35.5. The Morgan fingerprint density at radius 2 is 2.33 bits per heavy atom. The maximum Gasteiger partial charge on any atom is 0.106 e. The zero-order valence-corrected chi connectivity index (χ0v) is 12.9. The van der Waals surface area contributed by atoms with E-state index in [0.29, 0.717) is 17.2 Å². The van der Waals surface area contributed by atoms with E-state index in [0.717, 1.165) is 37.2 Å². The lowest BCUT2D eigenvalue weighted by molar-refractivity contribution is 0.00925. The van der Waals surface area contributed by atoms with Crippen LogP contribution in [0.25, 0.3) is 5.69 Å². The van der Waals surface area contributed by atoms with E-state index in [4.69, 9.17) is 16.3 Å². The monoisotopic (exact) mass is 305 g/mol. The van der Waals surface area contributed by atoms with Crippen LogP contribution in [-0.4, -0.2) is 28.5 Å². The largest absolute Gasteiger partial charge is 0.380 e. The van der Waals surface area contributed by atoms with Crippen LogP contribution in [0.15, 0.2) is 36.7 Å². The molecule has 112 valence electrons. The third-order valence-corrected chi connectivity index (χ3v) is 4.21. The minimum Gasteiger partial charge on any atom is -0.380 e. The summed E-state index contributed by atoms with van der Waals surface area (Å²) in [5.74, 6) is 0. The van der Waals surface area contributed by atoms with Crippen molar-refractivity contribution in [3.63, 3.8) is 0 Å². The number of para-hydroxylation sites is 1. The van der Waals surface area contributed by atoms with Crippen molar-refractivity contribution < 1.29 is 4.74 Å². The Balaban J connectivity index is 1.84. The Morgan fingerprint density at radius 1 is 1.43 bits per heavy atom. The van der Waals surface area contributed by atoms with Gasteiger partial charge in [0.15, 0.2) is 0 Å². The second kappa shape index (κ2) is 6.50. The molecule has 1 N–H and O–H groups in total. The van der Waals surface area contributed by atoms with Gasteiger partial charge in [0, 0.05) is 25.0 Å². The fourth-order valence-corrected chi connectivity index (χ4v) is 3.04. The average molecular weight is 306 g/mol. The molecule has 0 radical (unpaired) electrons. The number of ether oxygens (including phenoxy) is 1. The predicted octanol–water partition coefficient (Wildman–Crippen LogP) is 3.90. The van der Waals surface area contributed by atoms with Crippen molar-refractivity contribution in [2.45, 2.75) is 38.3 Å². The minimum absolute atomic E-state index is 0.351. The Hall–Kier alpha value is -1.52. The molecule has 1 fully saturated rings. The Labute approximate surface area is 130 Å². The summed E-state index contributed by atoms with van der Waals surface area (Å²) >= 11 is 6.37. The number of rotatable bonds is 4. The Bertz CT molecular complexity index is 585. The summed E-state index contributed by atoms with van der Waals surface area (Å²) in [7, 11) is 0. The van der Waals surface area contributed by atoms with Crippen molar-refractivity contribution in [1.82, 2.24) is 9.78 Å². The number of aromatic nitrogens is 2. The molecule has 1 aliphatic rings. The van der Waals surface area contributed by atoms with Gasteiger partial charge in [-0.1, -0.05) is 24.6 Å². The summed E-state index contributed by atoms with van der Waals surface area (Å²) in [4.78, 5) is 0. The van der Waals surface area contributed by atoms with Gasteiger partial charge in [-0.2, -0.15) is 5.10 Å². The minimum atomic E-state index is 0.351. The third-order valence-electron chi connectivity index (χ3n) is 3.90. The second-order valence-electron chi connectivity index (χ2n) is 5.35. The van der Waals surface area contributed by atoms with Gasteiger partial charge in [0.25, 0.3) is 0 Å². The first-order valence-electron chi connectivity index (χ1n) is 7.44. The van der Waals surface area contributed by atoms with Crippen molar-refractivity contribution in [3.8, 4) is 5.69 Å². The summed E-state index contributed by atoms with van der Waals surface area (Å²) in [6.07, 6.45) is 7.12. The van der Waals surface area contributed by atoms with Crippen molar-refractivity contribution in [1.29, 1.82) is 0 Å². The normalized spacial score (nSPS) is 22.2. The summed E-state index contributed by atoms with van der Waals surface area (Å²) in [5.41, 5.74) is 1.93. The molecule has 1 aromatic heterocycles. The van der Waals surface area contributed by atoms with Crippen LogP contribution >= 0.6 is 11.6 Å². The van der Waals surface area contributed by atoms with Crippen LogP contribution in [0.1, 0.15) is 26.2 Å². The quantitative estimate of drug-likeness (QED) is 0.931. The maximum absolute atomic E-state index is 6.37. The Kier molecular flexibility index (Phi) is 4.46. The van der Waals surface area contributed by atoms with Crippen molar-refractivity contribution in [2.24, 2.45) is 0 Å². The number of benzene rings is 1. The zero-order valence-electron chi connectivity index (χ0n) is 12.1. The molecule has 2 heterocycles. The van der Waals surface area contributed by atoms with Gasteiger partial charge < -0.3 is 10.1 Å².